The van der Waals surface area contributed by atoms with Gasteiger partial charge >= 0.3 is 0 Å². The molecule has 0 spiro atoms. The first kappa shape index (κ1) is 17.0. The minimum Gasteiger partial charge on any atom is -0.459 e. The van der Waals surface area contributed by atoms with Gasteiger partial charge in [-0.1, -0.05) is 12.1 Å². The molecule has 1 saturated heterocycles. The molecule has 5 nitrogen and oxygen atoms in total. The summed E-state index contributed by atoms with van der Waals surface area (Å²) in [6.45, 7) is 0.708. The van der Waals surface area contributed by atoms with Crippen LogP contribution in [0.1, 0.15) is 31.1 Å². The largest absolute Gasteiger partial charge is 0.459 e. The molecule has 0 atom stereocenters. The molecular formula is C17H18N2O3S2. The number of furan rings is 1. The maximum atomic E-state index is 12.1. The lowest BCUT2D eigenvalue weighted by atomic mass is 10.1. The third-order valence-corrected chi connectivity index (χ3v) is 6.61. The van der Waals surface area contributed by atoms with Crippen LogP contribution in [0.2, 0.25) is 0 Å². The molecule has 1 aliphatic rings. The van der Waals surface area contributed by atoms with Gasteiger partial charge in [-0.05, 0) is 29.8 Å². The molecule has 2 amide bonds. The number of thioether (sulfide) groups is 2. The first-order chi connectivity index (χ1) is 11.7. The number of hydrogen-bond acceptors (Lipinski definition) is 5. The van der Waals surface area contributed by atoms with Gasteiger partial charge < -0.3 is 15.1 Å². The van der Waals surface area contributed by atoms with Gasteiger partial charge in [0.05, 0.1) is 10.8 Å². The van der Waals surface area contributed by atoms with Crippen molar-refractivity contribution < 1.29 is 14.0 Å². The van der Waals surface area contributed by atoms with Gasteiger partial charge in [0, 0.05) is 30.2 Å². The maximum Gasteiger partial charge on any atom is 0.287 e. The average molecular weight is 362 g/mol. The zero-order chi connectivity index (χ0) is 16.8. The van der Waals surface area contributed by atoms with Gasteiger partial charge in [0.15, 0.2) is 5.76 Å². The predicted octanol–water partition coefficient (Wildman–Crippen LogP) is 2.92. The van der Waals surface area contributed by atoms with Crippen LogP contribution in [0.4, 0.5) is 0 Å². The van der Waals surface area contributed by atoms with Crippen molar-refractivity contribution in [3.8, 4) is 0 Å². The number of benzene rings is 1. The normalized spacial score (nSPS) is 14.5. The fourth-order valence-corrected chi connectivity index (χ4v) is 5.15. The van der Waals surface area contributed by atoms with E-state index in [9.17, 15) is 9.59 Å². The molecule has 7 heteroatoms. The van der Waals surface area contributed by atoms with Crippen molar-refractivity contribution in [1.82, 2.24) is 10.6 Å². The van der Waals surface area contributed by atoms with E-state index in [2.05, 4.69) is 10.6 Å². The van der Waals surface area contributed by atoms with E-state index in [-0.39, 0.29) is 17.6 Å². The van der Waals surface area contributed by atoms with Gasteiger partial charge in [-0.2, -0.15) is 0 Å². The van der Waals surface area contributed by atoms with Crippen molar-refractivity contribution in [3.63, 3.8) is 0 Å². The van der Waals surface area contributed by atoms with Crippen molar-refractivity contribution in [1.29, 1.82) is 0 Å². The number of carbonyl (C=O) groups is 2. The molecule has 24 heavy (non-hydrogen) atoms. The van der Waals surface area contributed by atoms with Gasteiger partial charge in [0.2, 0.25) is 0 Å². The number of amides is 2. The van der Waals surface area contributed by atoms with Crippen LogP contribution >= 0.6 is 23.5 Å². The standard InChI is InChI=1S/C17H18N2O3S2/c20-15(18-7-8-19-16(21)14-2-1-9-22-14)12-3-5-13(6-4-12)17-23-10-11-24-17/h1-6,9,17H,7-8,10-11H2,(H,18,20)(H,19,21). The Kier molecular flexibility index (Phi) is 5.87. The third kappa shape index (κ3) is 4.36. The second-order valence-electron chi connectivity index (χ2n) is 5.18. The van der Waals surface area contributed by atoms with Crippen molar-refractivity contribution in [2.24, 2.45) is 0 Å². The zero-order valence-corrected chi connectivity index (χ0v) is 14.6. The van der Waals surface area contributed by atoms with E-state index in [1.165, 1.54) is 23.3 Å². The first-order valence-electron chi connectivity index (χ1n) is 7.67. The Morgan fingerprint density at radius 2 is 1.67 bits per heavy atom. The third-order valence-electron chi connectivity index (χ3n) is 3.51. The van der Waals surface area contributed by atoms with Crippen molar-refractivity contribution >= 4 is 35.3 Å². The first-order valence-corrected chi connectivity index (χ1v) is 9.77. The maximum absolute atomic E-state index is 12.1. The summed E-state index contributed by atoms with van der Waals surface area (Å²) >= 11 is 3.89. The summed E-state index contributed by atoms with van der Waals surface area (Å²) in [5.41, 5.74) is 1.88. The second-order valence-corrected chi connectivity index (χ2v) is 7.91. The molecule has 1 aromatic heterocycles. The van der Waals surface area contributed by atoms with Crippen LogP contribution in [-0.4, -0.2) is 36.4 Å². The molecule has 1 aromatic carbocycles. The summed E-state index contributed by atoms with van der Waals surface area (Å²) in [6.07, 6.45) is 1.45. The summed E-state index contributed by atoms with van der Waals surface area (Å²) in [7, 11) is 0. The van der Waals surface area contributed by atoms with Crippen LogP contribution in [-0.2, 0) is 0 Å². The number of rotatable bonds is 6. The molecule has 0 unspecified atom stereocenters. The molecule has 1 aliphatic heterocycles. The van der Waals surface area contributed by atoms with Crippen molar-refractivity contribution in [2.45, 2.75) is 4.58 Å². The molecular weight excluding hydrogens is 344 g/mol. The van der Waals surface area contributed by atoms with Crippen LogP contribution in [0.15, 0.2) is 47.1 Å². The smallest absolute Gasteiger partial charge is 0.287 e. The Morgan fingerprint density at radius 1 is 1.00 bits per heavy atom. The molecule has 2 aromatic rings. The van der Waals surface area contributed by atoms with Crippen molar-refractivity contribution in [2.75, 3.05) is 24.6 Å². The Balaban J connectivity index is 1.42. The summed E-state index contributed by atoms with van der Waals surface area (Å²) in [5, 5.41) is 5.48. The number of carbonyl (C=O) groups excluding carboxylic acids is 2. The molecule has 0 aliphatic carbocycles. The van der Waals surface area contributed by atoms with Crippen LogP contribution in [0.3, 0.4) is 0 Å². The Bertz CT molecular complexity index is 680. The van der Waals surface area contributed by atoms with Gasteiger partial charge in [-0.25, -0.2) is 0 Å². The topological polar surface area (TPSA) is 71.3 Å². The SMILES string of the molecule is O=C(NCCNC(=O)c1ccco1)c1ccc(C2SCCS2)cc1. The predicted molar refractivity (Wildman–Crippen MR) is 97.5 cm³/mol. The molecule has 0 saturated carbocycles. The van der Waals surface area contributed by atoms with E-state index in [1.54, 1.807) is 12.1 Å². The summed E-state index contributed by atoms with van der Waals surface area (Å²) in [4.78, 5) is 23.8. The van der Waals surface area contributed by atoms with E-state index < -0.39 is 0 Å². The van der Waals surface area contributed by atoms with Crippen LogP contribution in [0, 0.1) is 0 Å². The lowest BCUT2D eigenvalue weighted by molar-refractivity contribution is 0.0910. The number of hydrogen-bond donors (Lipinski definition) is 2. The Labute approximate surface area is 149 Å². The lowest BCUT2D eigenvalue weighted by Gasteiger charge is -2.10. The molecule has 0 bridgehead atoms. The molecule has 2 N–H and O–H groups in total. The van der Waals surface area contributed by atoms with E-state index >= 15 is 0 Å². The molecule has 1 fully saturated rings. The monoisotopic (exact) mass is 362 g/mol. The summed E-state index contributed by atoms with van der Waals surface area (Å²) in [6, 6.07) is 11.0. The second kappa shape index (κ2) is 8.30. The summed E-state index contributed by atoms with van der Waals surface area (Å²) in [5.74, 6) is 2.20. The number of nitrogens with one attached hydrogen (secondary N) is 2. The highest BCUT2D eigenvalue weighted by Gasteiger charge is 2.18. The van der Waals surface area contributed by atoms with Gasteiger partial charge in [0.1, 0.15) is 0 Å². The van der Waals surface area contributed by atoms with E-state index in [4.69, 9.17) is 4.42 Å². The Morgan fingerprint density at radius 3 is 2.29 bits per heavy atom. The highest BCUT2D eigenvalue weighted by molar-refractivity contribution is 8.19. The highest BCUT2D eigenvalue weighted by Crippen LogP contribution is 2.45. The van der Waals surface area contributed by atoms with Crippen LogP contribution < -0.4 is 10.6 Å². The van der Waals surface area contributed by atoms with E-state index in [0.29, 0.717) is 23.2 Å². The Hall–Kier alpha value is -1.86. The molecule has 126 valence electrons. The fourth-order valence-electron chi connectivity index (χ4n) is 2.29. The lowest BCUT2D eigenvalue weighted by Crippen LogP contribution is -2.34. The zero-order valence-electron chi connectivity index (χ0n) is 13.0. The molecule has 2 heterocycles. The van der Waals surface area contributed by atoms with Crippen LogP contribution in [0.5, 0.6) is 0 Å². The molecule has 0 radical (unpaired) electrons. The van der Waals surface area contributed by atoms with Gasteiger partial charge in [-0.15, -0.1) is 23.5 Å². The fraction of sp³-hybridized carbons (Fsp3) is 0.294. The van der Waals surface area contributed by atoms with Crippen LogP contribution in [0.25, 0.3) is 0 Å². The van der Waals surface area contributed by atoms with E-state index in [1.807, 2.05) is 47.8 Å². The summed E-state index contributed by atoms with van der Waals surface area (Å²) < 4.78 is 5.48. The van der Waals surface area contributed by atoms with E-state index in [0.717, 1.165) is 0 Å². The average Bonchev–Trinajstić information content (AvgIpc) is 3.32. The van der Waals surface area contributed by atoms with Gasteiger partial charge in [-0.3, -0.25) is 9.59 Å². The van der Waals surface area contributed by atoms with Gasteiger partial charge in [0.25, 0.3) is 11.8 Å². The minimum atomic E-state index is -0.287. The highest BCUT2D eigenvalue weighted by atomic mass is 32.2. The molecule has 3 rings (SSSR count). The van der Waals surface area contributed by atoms with Crippen molar-refractivity contribution in [3.05, 3.63) is 59.5 Å². The minimum absolute atomic E-state index is 0.138. The quantitative estimate of drug-likeness (QED) is 0.773.